The summed E-state index contributed by atoms with van der Waals surface area (Å²) in [4.78, 5) is 14.4. The van der Waals surface area contributed by atoms with Crippen molar-refractivity contribution in [1.29, 1.82) is 0 Å². The Balaban J connectivity index is 1.72. The van der Waals surface area contributed by atoms with Gasteiger partial charge in [0, 0.05) is 13.1 Å². The molecule has 6 heteroatoms. The Hall–Kier alpha value is -2.08. The van der Waals surface area contributed by atoms with Crippen LogP contribution in [0.1, 0.15) is 42.0 Å². The predicted octanol–water partition coefficient (Wildman–Crippen LogP) is 3.27. The molecule has 1 amide bonds. The molecule has 24 heavy (non-hydrogen) atoms. The molecule has 2 aromatic rings. The van der Waals surface area contributed by atoms with Gasteiger partial charge in [0.05, 0.1) is 4.90 Å². The second kappa shape index (κ2) is 6.81. The number of carbonyl (C=O) groups excluding carboxylic acids is 1. The maximum Gasteiger partial charge on any atom is 0.289 e. The van der Waals surface area contributed by atoms with Crippen molar-refractivity contribution in [3.8, 4) is 0 Å². The lowest BCUT2D eigenvalue weighted by molar-refractivity contribution is 0.0701. The molecule has 1 saturated carbocycles. The molecule has 1 fully saturated rings. The second-order valence-electron chi connectivity index (χ2n) is 6.19. The minimum Gasteiger partial charge on any atom is -0.455 e. The number of carbonyl (C=O) groups is 1. The largest absolute Gasteiger partial charge is 0.455 e. The summed E-state index contributed by atoms with van der Waals surface area (Å²) in [5.74, 6) is 0.0344. The Morgan fingerprint density at radius 2 is 1.79 bits per heavy atom. The molecule has 0 bridgehead atoms. The molecule has 128 valence electrons. The molecule has 1 aromatic heterocycles. The number of sulfone groups is 1. The fourth-order valence-electron chi connectivity index (χ4n) is 3.10. The molecule has 0 spiro atoms. The maximum absolute atomic E-state index is 12.5. The van der Waals surface area contributed by atoms with Gasteiger partial charge in [-0.05, 0) is 37.1 Å². The molecule has 0 radical (unpaired) electrons. The Kier molecular flexibility index (Phi) is 4.76. The molecule has 0 unspecified atom stereocenters. The lowest BCUT2D eigenvalue weighted by Gasteiger charge is -2.23. The van der Waals surface area contributed by atoms with Crippen LogP contribution in [0.3, 0.4) is 0 Å². The summed E-state index contributed by atoms with van der Waals surface area (Å²) in [5.41, 5.74) is 0. The van der Waals surface area contributed by atoms with Gasteiger partial charge in [0.2, 0.25) is 0 Å². The van der Waals surface area contributed by atoms with E-state index in [1.165, 1.54) is 0 Å². The van der Waals surface area contributed by atoms with Crippen LogP contribution in [0.2, 0.25) is 0 Å². The van der Waals surface area contributed by atoms with E-state index in [4.69, 9.17) is 4.42 Å². The Bertz CT molecular complexity index is 805. The number of amides is 1. The van der Waals surface area contributed by atoms with Crippen molar-refractivity contribution in [2.24, 2.45) is 0 Å². The molecule has 0 N–H and O–H groups in total. The highest BCUT2D eigenvalue weighted by atomic mass is 32.2. The zero-order chi connectivity index (χ0) is 17.2. The van der Waals surface area contributed by atoms with E-state index in [1.807, 2.05) is 0 Å². The summed E-state index contributed by atoms with van der Waals surface area (Å²) in [6.45, 7) is 0. The normalized spacial score (nSPS) is 15.5. The average molecular weight is 347 g/mol. The van der Waals surface area contributed by atoms with Gasteiger partial charge in [-0.1, -0.05) is 31.0 Å². The third-order valence-corrected chi connectivity index (χ3v) is 6.15. The highest BCUT2D eigenvalue weighted by molar-refractivity contribution is 7.90. The number of rotatable bonds is 5. The van der Waals surface area contributed by atoms with E-state index in [-0.39, 0.29) is 34.1 Å². The summed E-state index contributed by atoms with van der Waals surface area (Å²) in [5, 5.41) is 0. The molecule has 5 nitrogen and oxygen atoms in total. The smallest absolute Gasteiger partial charge is 0.289 e. The minimum atomic E-state index is -3.48. The molecule has 1 aliphatic rings. The summed E-state index contributed by atoms with van der Waals surface area (Å²) in [7, 11) is -1.70. The second-order valence-corrected chi connectivity index (χ2v) is 8.18. The third-order valence-electron chi connectivity index (χ3n) is 4.50. The van der Waals surface area contributed by atoms with Crippen molar-refractivity contribution in [2.45, 2.75) is 42.4 Å². The van der Waals surface area contributed by atoms with Crippen LogP contribution < -0.4 is 0 Å². The van der Waals surface area contributed by atoms with Gasteiger partial charge in [0.1, 0.15) is 11.5 Å². The molecule has 1 aromatic carbocycles. The van der Waals surface area contributed by atoms with E-state index >= 15 is 0 Å². The van der Waals surface area contributed by atoms with E-state index in [0.717, 1.165) is 25.7 Å². The van der Waals surface area contributed by atoms with Crippen LogP contribution in [-0.2, 0) is 15.6 Å². The van der Waals surface area contributed by atoms with E-state index in [0.29, 0.717) is 0 Å². The molecule has 0 atom stereocenters. The first-order chi connectivity index (χ1) is 11.5. The van der Waals surface area contributed by atoms with E-state index < -0.39 is 9.84 Å². The highest BCUT2D eigenvalue weighted by Gasteiger charge is 2.26. The molecule has 3 rings (SSSR count). The molecule has 0 aliphatic heterocycles. The molecule has 0 saturated heterocycles. The van der Waals surface area contributed by atoms with Crippen molar-refractivity contribution >= 4 is 15.7 Å². The van der Waals surface area contributed by atoms with Gasteiger partial charge in [-0.15, -0.1) is 0 Å². The van der Waals surface area contributed by atoms with Crippen LogP contribution in [0.25, 0.3) is 0 Å². The van der Waals surface area contributed by atoms with Crippen molar-refractivity contribution in [1.82, 2.24) is 4.90 Å². The number of hydrogen-bond acceptors (Lipinski definition) is 4. The lowest BCUT2D eigenvalue weighted by Crippen LogP contribution is -2.34. The van der Waals surface area contributed by atoms with Gasteiger partial charge in [0.15, 0.2) is 15.6 Å². The zero-order valence-electron chi connectivity index (χ0n) is 13.6. The van der Waals surface area contributed by atoms with Gasteiger partial charge in [-0.25, -0.2) is 8.42 Å². The van der Waals surface area contributed by atoms with E-state index in [2.05, 4.69) is 0 Å². The highest BCUT2D eigenvalue weighted by Crippen LogP contribution is 2.24. The molecule has 1 aliphatic carbocycles. The Morgan fingerprint density at radius 1 is 1.12 bits per heavy atom. The predicted molar refractivity (Wildman–Crippen MR) is 90.4 cm³/mol. The average Bonchev–Trinajstić information content (AvgIpc) is 3.25. The Labute approximate surface area is 142 Å². The fraction of sp³-hybridized carbons (Fsp3) is 0.389. The molecule has 1 heterocycles. The number of benzene rings is 1. The van der Waals surface area contributed by atoms with Crippen LogP contribution in [0, 0.1) is 0 Å². The van der Waals surface area contributed by atoms with Crippen LogP contribution in [0.4, 0.5) is 0 Å². The topological polar surface area (TPSA) is 67.6 Å². The number of nitrogens with zero attached hydrogens (tertiary/aromatic N) is 1. The number of hydrogen-bond donors (Lipinski definition) is 0. The van der Waals surface area contributed by atoms with Crippen LogP contribution in [-0.4, -0.2) is 32.3 Å². The van der Waals surface area contributed by atoms with Gasteiger partial charge in [-0.2, -0.15) is 0 Å². The van der Waals surface area contributed by atoms with E-state index in [9.17, 15) is 13.2 Å². The van der Waals surface area contributed by atoms with Gasteiger partial charge < -0.3 is 9.32 Å². The maximum atomic E-state index is 12.5. The van der Waals surface area contributed by atoms with Gasteiger partial charge >= 0.3 is 0 Å². The SMILES string of the molecule is CN(C(=O)c1ccc(CS(=O)(=O)c2ccccc2)o1)C1CCCC1. The summed E-state index contributed by atoms with van der Waals surface area (Å²) < 4.78 is 30.2. The standard InChI is InChI=1S/C18H21NO4S/c1-19(14-7-5-6-8-14)18(20)17-12-11-15(23-17)13-24(21,22)16-9-3-2-4-10-16/h2-4,9-12,14H,5-8,13H2,1H3. The van der Waals surface area contributed by atoms with Gasteiger partial charge in [-0.3, -0.25) is 4.79 Å². The van der Waals surface area contributed by atoms with Crippen LogP contribution in [0.5, 0.6) is 0 Å². The van der Waals surface area contributed by atoms with E-state index in [1.54, 1.807) is 54.4 Å². The first-order valence-electron chi connectivity index (χ1n) is 8.11. The molecular weight excluding hydrogens is 326 g/mol. The summed E-state index contributed by atoms with van der Waals surface area (Å²) >= 11 is 0. The first-order valence-corrected chi connectivity index (χ1v) is 9.76. The third kappa shape index (κ3) is 3.53. The summed E-state index contributed by atoms with van der Waals surface area (Å²) in [6.07, 6.45) is 4.30. The summed E-state index contributed by atoms with van der Waals surface area (Å²) in [6, 6.07) is 11.6. The van der Waals surface area contributed by atoms with Crippen LogP contribution >= 0.6 is 0 Å². The Morgan fingerprint density at radius 3 is 2.46 bits per heavy atom. The molecular formula is C18H21NO4S. The first kappa shape index (κ1) is 16.8. The van der Waals surface area contributed by atoms with Crippen molar-refractivity contribution in [3.63, 3.8) is 0 Å². The monoisotopic (exact) mass is 347 g/mol. The minimum absolute atomic E-state index is 0.190. The lowest BCUT2D eigenvalue weighted by atomic mass is 10.2. The fourth-order valence-corrected chi connectivity index (χ4v) is 4.37. The quantitative estimate of drug-likeness (QED) is 0.832. The number of furan rings is 1. The zero-order valence-corrected chi connectivity index (χ0v) is 14.5. The van der Waals surface area contributed by atoms with Crippen molar-refractivity contribution in [2.75, 3.05) is 7.05 Å². The van der Waals surface area contributed by atoms with Crippen molar-refractivity contribution in [3.05, 3.63) is 54.0 Å². The van der Waals surface area contributed by atoms with Gasteiger partial charge in [0.25, 0.3) is 5.91 Å². The van der Waals surface area contributed by atoms with Crippen LogP contribution in [0.15, 0.2) is 51.8 Å². The van der Waals surface area contributed by atoms with Crippen molar-refractivity contribution < 1.29 is 17.6 Å².